The predicted octanol–water partition coefficient (Wildman–Crippen LogP) is 1.84. The standard InChI is InChI=1S/C13H15NO2/c1-16-12-7-6-9-4-2-3-5-10(9)13(12)11(15)8-14/h2-7,11,15H,8,14H2,1H3/t11-/m1/s1. The molecule has 0 heterocycles. The number of rotatable bonds is 3. The minimum Gasteiger partial charge on any atom is -0.496 e. The molecular weight excluding hydrogens is 202 g/mol. The minimum absolute atomic E-state index is 0.185. The van der Waals surface area contributed by atoms with Crippen molar-refractivity contribution in [2.75, 3.05) is 13.7 Å². The molecule has 3 N–H and O–H groups in total. The van der Waals surface area contributed by atoms with Crippen LogP contribution in [0.15, 0.2) is 36.4 Å². The topological polar surface area (TPSA) is 55.5 Å². The summed E-state index contributed by atoms with van der Waals surface area (Å²) in [6.07, 6.45) is -0.693. The van der Waals surface area contributed by atoms with Gasteiger partial charge < -0.3 is 15.6 Å². The van der Waals surface area contributed by atoms with Crippen molar-refractivity contribution in [3.8, 4) is 5.75 Å². The fraction of sp³-hybridized carbons (Fsp3) is 0.231. The molecule has 0 spiro atoms. The number of fused-ring (bicyclic) bond motifs is 1. The summed E-state index contributed by atoms with van der Waals surface area (Å²) in [5, 5.41) is 12.0. The van der Waals surface area contributed by atoms with Crippen LogP contribution in [0.25, 0.3) is 10.8 Å². The Kier molecular flexibility index (Phi) is 3.08. The molecule has 3 heteroatoms. The Morgan fingerprint density at radius 3 is 2.69 bits per heavy atom. The van der Waals surface area contributed by atoms with Gasteiger partial charge in [-0.25, -0.2) is 0 Å². The van der Waals surface area contributed by atoms with E-state index in [4.69, 9.17) is 10.5 Å². The molecule has 2 aromatic rings. The van der Waals surface area contributed by atoms with Gasteiger partial charge in [-0.2, -0.15) is 0 Å². The van der Waals surface area contributed by atoms with E-state index in [1.54, 1.807) is 7.11 Å². The molecule has 3 nitrogen and oxygen atoms in total. The number of hydrogen-bond donors (Lipinski definition) is 2. The zero-order valence-electron chi connectivity index (χ0n) is 9.18. The first-order chi connectivity index (χ1) is 7.77. The second-order valence-electron chi connectivity index (χ2n) is 3.65. The van der Waals surface area contributed by atoms with E-state index in [2.05, 4.69) is 0 Å². The van der Waals surface area contributed by atoms with Crippen molar-refractivity contribution in [2.45, 2.75) is 6.10 Å². The lowest BCUT2D eigenvalue weighted by Gasteiger charge is -2.15. The maximum Gasteiger partial charge on any atom is 0.125 e. The molecule has 0 aliphatic rings. The second kappa shape index (κ2) is 4.51. The highest BCUT2D eigenvalue weighted by Crippen LogP contribution is 2.32. The van der Waals surface area contributed by atoms with E-state index in [-0.39, 0.29) is 6.54 Å². The summed E-state index contributed by atoms with van der Waals surface area (Å²) in [4.78, 5) is 0. The molecule has 16 heavy (non-hydrogen) atoms. The van der Waals surface area contributed by atoms with E-state index < -0.39 is 6.10 Å². The molecule has 0 amide bonds. The first kappa shape index (κ1) is 10.9. The molecule has 0 fully saturated rings. The number of ether oxygens (including phenoxy) is 1. The zero-order chi connectivity index (χ0) is 11.5. The Morgan fingerprint density at radius 2 is 2.00 bits per heavy atom. The lowest BCUT2D eigenvalue weighted by atomic mass is 9.99. The van der Waals surface area contributed by atoms with Gasteiger partial charge in [0.2, 0.25) is 0 Å². The minimum atomic E-state index is -0.693. The lowest BCUT2D eigenvalue weighted by Crippen LogP contribution is -2.13. The van der Waals surface area contributed by atoms with Crippen LogP contribution in [0.3, 0.4) is 0 Å². The van der Waals surface area contributed by atoms with Gasteiger partial charge in [-0.05, 0) is 16.8 Å². The summed E-state index contributed by atoms with van der Waals surface area (Å²) >= 11 is 0. The summed E-state index contributed by atoms with van der Waals surface area (Å²) in [6.45, 7) is 0.185. The third-order valence-corrected chi connectivity index (χ3v) is 2.71. The van der Waals surface area contributed by atoms with Gasteiger partial charge in [0.05, 0.1) is 13.2 Å². The van der Waals surface area contributed by atoms with Gasteiger partial charge in [0, 0.05) is 12.1 Å². The van der Waals surface area contributed by atoms with Crippen LogP contribution in [-0.4, -0.2) is 18.8 Å². The molecule has 1 atom stereocenters. The molecule has 0 aromatic heterocycles. The van der Waals surface area contributed by atoms with Gasteiger partial charge in [-0.1, -0.05) is 30.3 Å². The molecule has 0 unspecified atom stereocenters. The molecule has 0 aliphatic carbocycles. The molecule has 0 aliphatic heterocycles. The Hall–Kier alpha value is -1.58. The number of benzene rings is 2. The number of methoxy groups -OCH3 is 1. The van der Waals surface area contributed by atoms with Crippen LogP contribution in [-0.2, 0) is 0 Å². The number of nitrogens with two attached hydrogens (primary N) is 1. The fourth-order valence-corrected chi connectivity index (χ4v) is 1.92. The summed E-state index contributed by atoms with van der Waals surface area (Å²) in [6, 6.07) is 11.7. The van der Waals surface area contributed by atoms with Gasteiger partial charge in [0.1, 0.15) is 5.75 Å². The van der Waals surface area contributed by atoms with Crippen LogP contribution in [0.5, 0.6) is 5.75 Å². The summed E-state index contributed by atoms with van der Waals surface area (Å²) < 4.78 is 5.26. The van der Waals surface area contributed by atoms with E-state index in [0.717, 1.165) is 16.3 Å². The molecule has 0 saturated carbocycles. The van der Waals surface area contributed by atoms with E-state index >= 15 is 0 Å². The lowest BCUT2D eigenvalue weighted by molar-refractivity contribution is 0.184. The molecular formula is C13H15NO2. The first-order valence-corrected chi connectivity index (χ1v) is 5.21. The van der Waals surface area contributed by atoms with Crippen LogP contribution in [0, 0.1) is 0 Å². The molecule has 0 bridgehead atoms. The largest absolute Gasteiger partial charge is 0.496 e. The second-order valence-corrected chi connectivity index (χ2v) is 3.65. The van der Waals surface area contributed by atoms with Crippen LogP contribution in [0.2, 0.25) is 0 Å². The molecule has 0 radical (unpaired) electrons. The maximum atomic E-state index is 9.93. The van der Waals surface area contributed by atoms with Crippen LogP contribution in [0.4, 0.5) is 0 Å². The number of aliphatic hydroxyl groups excluding tert-OH is 1. The predicted molar refractivity (Wildman–Crippen MR) is 64.5 cm³/mol. The normalized spacial score (nSPS) is 12.7. The van der Waals surface area contributed by atoms with Crippen molar-refractivity contribution in [3.05, 3.63) is 42.0 Å². The summed E-state index contributed by atoms with van der Waals surface area (Å²) in [5.74, 6) is 0.677. The van der Waals surface area contributed by atoms with E-state index in [1.165, 1.54) is 0 Å². The SMILES string of the molecule is COc1ccc2ccccc2c1[C@H](O)CN. The van der Waals surface area contributed by atoms with Crippen LogP contribution < -0.4 is 10.5 Å². The number of aliphatic hydroxyl groups is 1. The van der Waals surface area contributed by atoms with Crippen molar-refractivity contribution >= 4 is 10.8 Å². The zero-order valence-corrected chi connectivity index (χ0v) is 9.18. The van der Waals surface area contributed by atoms with Gasteiger partial charge in [-0.3, -0.25) is 0 Å². The summed E-state index contributed by atoms with van der Waals surface area (Å²) in [7, 11) is 1.59. The molecule has 84 valence electrons. The first-order valence-electron chi connectivity index (χ1n) is 5.21. The van der Waals surface area contributed by atoms with E-state index in [0.29, 0.717) is 5.75 Å². The highest BCUT2D eigenvalue weighted by Gasteiger charge is 2.15. The summed E-state index contributed by atoms with van der Waals surface area (Å²) in [5.41, 5.74) is 6.28. The van der Waals surface area contributed by atoms with Crippen molar-refractivity contribution in [2.24, 2.45) is 5.73 Å². The fourth-order valence-electron chi connectivity index (χ4n) is 1.92. The highest BCUT2D eigenvalue weighted by atomic mass is 16.5. The Morgan fingerprint density at radius 1 is 1.25 bits per heavy atom. The third kappa shape index (κ3) is 1.75. The Bertz CT molecular complexity index is 496. The van der Waals surface area contributed by atoms with Crippen molar-refractivity contribution in [1.82, 2.24) is 0 Å². The van der Waals surface area contributed by atoms with Gasteiger partial charge >= 0.3 is 0 Å². The van der Waals surface area contributed by atoms with Crippen molar-refractivity contribution < 1.29 is 9.84 Å². The Labute approximate surface area is 94.5 Å². The van der Waals surface area contributed by atoms with Gasteiger partial charge in [0.25, 0.3) is 0 Å². The van der Waals surface area contributed by atoms with Crippen molar-refractivity contribution in [1.29, 1.82) is 0 Å². The molecule has 0 saturated heterocycles. The maximum absolute atomic E-state index is 9.93. The highest BCUT2D eigenvalue weighted by molar-refractivity contribution is 5.88. The van der Waals surface area contributed by atoms with Gasteiger partial charge in [-0.15, -0.1) is 0 Å². The van der Waals surface area contributed by atoms with Crippen LogP contribution >= 0.6 is 0 Å². The van der Waals surface area contributed by atoms with Crippen LogP contribution in [0.1, 0.15) is 11.7 Å². The third-order valence-electron chi connectivity index (χ3n) is 2.71. The quantitative estimate of drug-likeness (QED) is 0.824. The van der Waals surface area contributed by atoms with Gasteiger partial charge in [0.15, 0.2) is 0 Å². The molecule has 2 aromatic carbocycles. The smallest absolute Gasteiger partial charge is 0.125 e. The molecule has 2 rings (SSSR count). The number of hydrogen-bond acceptors (Lipinski definition) is 3. The van der Waals surface area contributed by atoms with E-state index in [1.807, 2.05) is 36.4 Å². The monoisotopic (exact) mass is 217 g/mol. The average Bonchev–Trinajstić information content (AvgIpc) is 2.36. The van der Waals surface area contributed by atoms with Crippen molar-refractivity contribution in [3.63, 3.8) is 0 Å². The average molecular weight is 217 g/mol. The van der Waals surface area contributed by atoms with E-state index in [9.17, 15) is 5.11 Å². The Balaban J connectivity index is 2.72.